The molecule has 0 radical (unpaired) electrons. The number of aliphatic hydroxyl groups excluding tert-OH is 1. The fourth-order valence-electron chi connectivity index (χ4n) is 7.46. The number of ether oxygens (including phenoxy) is 1. The Bertz CT molecular complexity index is 1480. The van der Waals surface area contributed by atoms with Crippen molar-refractivity contribution < 1.29 is 19.4 Å². The summed E-state index contributed by atoms with van der Waals surface area (Å²) in [5, 5.41) is 14.0. The number of aliphatic hydroxyl groups is 1. The van der Waals surface area contributed by atoms with Gasteiger partial charge in [-0.25, -0.2) is 0 Å². The second kappa shape index (κ2) is 9.18. The van der Waals surface area contributed by atoms with Crippen LogP contribution in [0.2, 0.25) is 0 Å². The van der Waals surface area contributed by atoms with Crippen LogP contribution in [-0.4, -0.2) is 60.6 Å². The zero-order valence-corrected chi connectivity index (χ0v) is 22.0. The van der Waals surface area contributed by atoms with Crippen molar-refractivity contribution in [2.45, 2.75) is 42.9 Å². The van der Waals surface area contributed by atoms with Crippen molar-refractivity contribution in [3.8, 4) is 16.9 Å². The Balaban J connectivity index is 1.08. The fourth-order valence-corrected chi connectivity index (χ4v) is 7.46. The second-order valence-electron chi connectivity index (χ2n) is 11.4. The molecule has 1 amide bonds. The molecule has 2 aliphatic carbocycles. The summed E-state index contributed by atoms with van der Waals surface area (Å²) >= 11 is 0. The zero-order valence-electron chi connectivity index (χ0n) is 22.0. The largest absolute Gasteiger partial charge is 0.485 e. The SMILES string of the molecule is CN1CC[C@]23c4c5ccc(C(=O)NCCc6ccc(-c7ccc(C=O)cc7)cc6)c4OC2[C@@H](O)C=C[C@H]3[C@H]1C5. The molecule has 1 unspecified atom stereocenters. The van der Waals surface area contributed by atoms with E-state index in [4.69, 9.17) is 4.74 Å². The number of nitrogens with one attached hydrogen (secondary N) is 1. The molecule has 2 N–H and O–H groups in total. The lowest BCUT2D eigenvalue weighted by Crippen LogP contribution is -2.64. The molecule has 6 heteroatoms. The number of carbonyl (C=O) groups excluding carboxylic acids is 2. The van der Waals surface area contributed by atoms with E-state index in [0.717, 1.165) is 47.9 Å². The second-order valence-corrected chi connectivity index (χ2v) is 11.4. The van der Waals surface area contributed by atoms with E-state index in [-0.39, 0.29) is 23.3 Å². The van der Waals surface area contributed by atoms with Crippen molar-refractivity contribution in [1.82, 2.24) is 10.2 Å². The fraction of sp³-hybridized carbons (Fsp3) is 0.333. The Kier molecular flexibility index (Phi) is 5.72. The lowest BCUT2D eigenvalue weighted by atomic mass is 9.53. The van der Waals surface area contributed by atoms with Crippen molar-refractivity contribution in [3.05, 3.63) is 101 Å². The third-order valence-electron chi connectivity index (χ3n) is 9.45. The van der Waals surface area contributed by atoms with Gasteiger partial charge in [-0.15, -0.1) is 0 Å². The zero-order chi connectivity index (χ0) is 26.7. The molecule has 6 nitrogen and oxygen atoms in total. The smallest absolute Gasteiger partial charge is 0.255 e. The molecular weight excluding hydrogens is 488 g/mol. The number of rotatable bonds is 6. The number of piperidine rings is 1. The monoisotopic (exact) mass is 520 g/mol. The van der Waals surface area contributed by atoms with Crippen molar-refractivity contribution in [2.75, 3.05) is 20.1 Å². The van der Waals surface area contributed by atoms with E-state index in [2.05, 4.69) is 53.7 Å². The Morgan fingerprint density at radius 1 is 1.08 bits per heavy atom. The number of benzene rings is 3. The van der Waals surface area contributed by atoms with Crippen LogP contribution in [0.15, 0.2) is 72.8 Å². The summed E-state index contributed by atoms with van der Waals surface area (Å²) in [6.07, 6.45) is 6.47. The number of hydrogen-bond acceptors (Lipinski definition) is 5. The van der Waals surface area contributed by atoms with Crippen LogP contribution in [0.4, 0.5) is 0 Å². The summed E-state index contributed by atoms with van der Waals surface area (Å²) in [6, 6.07) is 20.2. The van der Waals surface area contributed by atoms with E-state index in [0.29, 0.717) is 35.9 Å². The summed E-state index contributed by atoms with van der Waals surface area (Å²) < 4.78 is 6.51. The Morgan fingerprint density at radius 3 is 2.56 bits per heavy atom. The van der Waals surface area contributed by atoms with E-state index in [1.54, 1.807) is 0 Å². The molecule has 5 atom stereocenters. The summed E-state index contributed by atoms with van der Waals surface area (Å²) in [5.41, 5.74) is 6.65. The van der Waals surface area contributed by atoms with Crippen molar-refractivity contribution >= 4 is 12.2 Å². The standard InChI is InChI=1S/C33H32N2O4/c1-35-17-15-33-26-12-13-28(37)31(33)39-30-25(11-10-24(29(30)33)18-27(26)35)32(38)34-16-14-20-2-6-22(7-3-20)23-8-4-21(19-36)5-9-23/h2-13,19,26-28,31,37H,14-18H2,1H3,(H,34,38)/t26-,27+,28-,31?,33-/m0/s1. The summed E-state index contributed by atoms with van der Waals surface area (Å²) in [6.45, 7) is 1.47. The quantitative estimate of drug-likeness (QED) is 0.380. The number of nitrogens with zero attached hydrogens (tertiary/aromatic N) is 1. The van der Waals surface area contributed by atoms with Gasteiger partial charge in [0.05, 0.1) is 5.56 Å². The summed E-state index contributed by atoms with van der Waals surface area (Å²) in [7, 11) is 2.19. The van der Waals surface area contributed by atoms with Gasteiger partial charge in [0.25, 0.3) is 5.91 Å². The normalized spacial score (nSPS) is 27.9. The van der Waals surface area contributed by atoms with Crippen LogP contribution < -0.4 is 10.1 Å². The van der Waals surface area contributed by atoms with Gasteiger partial charge in [-0.1, -0.05) is 66.7 Å². The third kappa shape index (κ3) is 3.69. The highest BCUT2D eigenvalue weighted by atomic mass is 16.5. The van der Waals surface area contributed by atoms with Gasteiger partial charge in [0.1, 0.15) is 24.2 Å². The van der Waals surface area contributed by atoms with Gasteiger partial charge in [-0.05, 0) is 61.2 Å². The Morgan fingerprint density at radius 2 is 1.82 bits per heavy atom. The molecule has 0 saturated carbocycles. The van der Waals surface area contributed by atoms with Crippen LogP contribution in [0.3, 0.4) is 0 Å². The van der Waals surface area contributed by atoms with Crippen LogP contribution in [0.25, 0.3) is 11.1 Å². The maximum atomic E-state index is 13.4. The average molecular weight is 521 g/mol. The minimum absolute atomic E-state index is 0.135. The van der Waals surface area contributed by atoms with Crippen molar-refractivity contribution in [3.63, 3.8) is 0 Å². The average Bonchev–Trinajstić information content (AvgIpc) is 3.32. The highest BCUT2D eigenvalue weighted by Crippen LogP contribution is 2.61. The Hall–Kier alpha value is -3.74. The van der Waals surface area contributed by atoms with E-state index in [1.807, 2.05) is 36.4 Å². The highest BCUT2D eigenvalue weighted by Gasteiger charge is 2.64. The molecule has 2 heterocycles. The summed E-state index contributed by atoms with van der Waals surface area (Å²) in [5.74, 6) is 0.821. The van der Waals surface area contributed by atoms with Gasteiger partial charge in [-0.2, -0.15) is 0 Å². The van der Waals surface area contributed by atoms with E-state index < -0.39 is 6.10 Å². The number of hydrogen-bond donors (Lipinski definition) is 2. The lowest BCUT2D eigenvalue weighted by Gasteiger charge is -2.56. The van der Waals surface area contributed by atoms with Gasteiger partial charge < -0.3 is 20.1 Å². The number of aldehydes is 1. The molecule has 7 rings (SSSR count). The topological polar surface area (TPSA) is 78.9 Å². The molecule has 0 aromatic heterocycles. The molecule has 198 valence electrons. The van der Waals surface area contributed by atoms with Gasteiger partial charge in [0.2, 0.25) is 0 Å². The maximum absolute atomic E-state index is 13.4. The van der Waals surface area contributed by atoms with Crippen LogP contribution in [0.5, 0.6) is 5.75 Å². The maximum Gasteiger partial charge on any atom is 0.255 e. The number of amides is 1. The van der Waals surface area contributed by atoms with Crippen molar-refractivity contribution in [1.29, 1.82) is 0 Å². The minimum atomic E-state index is -0.675. The van der Waals surface area contributed by atoms with Crippen LogP contribution in [0, 0.1) is 5.92 Å². The Labute approximate surface area is 228 Å². The van der Waals surface area contributed by atoms with Gasteiger partial charge in [-0.3, -0.25) is 9.59 Å². The van der Waals surface area contributed by atoms with Gasteiger partial charge in [0, 0.05) is 35.0 Å². The molecule has 4 aliphatic rings. The minimum Gasteiger partial charge on any atom is -0.485 e. The molecule has 2 aliphatic heterocycles. The van der Waals surface area contributed by atoms with Crippen molar-refractivity contribution in [2.24, 2.45) is 5.92 Å². The molecule has 39 heavy (non-hydrogen) atoms. The lowest BCUT2D eigenvalue weighted by molar-refractivity contribution is -0.0451. The highest BCUT2D eigenvalue weighted by molar-refractivity contribution is 5.98. The first-order valence-corrected chi connectivity index (χ1v) is 13.8. The first kappa shape index (κ1) is 24.3. The van der Waals surface area contributed by atoms with Crippen LogP contribution in [-0.2, 0) is 18.3 Å². The predicted molar refractivity (Wildman–Crippen MR) is 149 cm³/mol. The molecule has 1 saturated heterocycles. The number of likely N-dealkylation sites (N-methyl/N-ethyl adjacent to an activating group) is 1. The van der Waals surface area contributed by atoms with Gasteiger partial charge in [0.15, 0.2) is 0 Å². The third-order valence-corrected chi connectivity index (χ3v) is 9.45. The van der Waals surface area contributed by atoms with Gasteiger partial charge >= 0.3 is 0 Å². The van der Waals surface area contributed by atoms with E-state index in [9.17, 15) is 14.7 Å². The molecular formula is C33H32N2O4. The first-order chi connectivity index (χ1) is 19.0. The number of likely N-dealkylation sites (tertiary alicyclic amines) is 1. The predicted octanol–water partition coefficient (Wildman–Crippen LogP) is 3.94. The van der Waals surface area contributed by atoms with Crippen LogP contribution >= 0.6 is 0 Å². The first-order valence-electron chi connectivity index (χ1n) is 13.8. The summed E-state index contributed by atoms with van der Waals surface area (Å²) in [4.78, 5) is 26.7. The van der Waals surface area contributed by atoms with Crippen LogP contribution in [0.1, 0.15) is 43.8 Å². The molecule has 1 spiro atoms. The molecule has 2 bridgehead atoms. The van der Waals surface area contributed by atoms with E-state index in [1.165, 1.54) is 5.56 Å². The van der Waals surface area contributed by atoms with E-state index >= 15 is 0 Å². The molecule has 3 aromatic rings. The molecule has 1 fully saturated rings. The number of carbonyl (C=O) groups is 2. The molecule has 3 aromatic carbocycles.